The molecule has 0 aliphatic carbocycles. The molecule has 32 heavy (non-hydrogen) atoms. The van der Waals surface area contributed by atoms with Crippen LogP contribution in [0.4, 0.5) is 11.4 Å². The van der Waals surface area contributed by atoms with Crippen LogP contribution in [0.3, 0.4) is 0 Å². The van der Waals surface area contributed by atoms with Crippen LogP contribution in [0.25, 0.3) is 5.65 Å². The number of aliphatic hydroxyl groups is 2. The van der Waals surface area contributed by atoms with E-state index >= 15 is 0 Å². The molecule has 168 valence electrons. The monoisotopic (exact) mass is 437 g/mol. The van der Waals surface area contributed by atoms with E-state index in [4.69, 9.17) is 4.74 Å². The van der Waals surface area contributed by atoms with Gasteiger partial charge in [0.2, 0.25) is 0 Å². The van der Waals surface area contributed by atoms with E-state index in [1.54, 1.807) is 23.0 Å². The Morgan fingerprint density at radius 1 is 1.34 bits per heavy atom. The Hall–Kier alpha value is -3.17. The van der Waals surface area contributed by atoms with E-state index in [9.17, 15) is 15.0 Å². The molecule has 0 radical (unpaired) electrons. The predicted molar refractivity (Wildman–Crippen MR) is 119 cm³/mol. The van der Waals surface area contributed by atoms with Gasteiger partial charge in [-0.25, -0.2) is 9.50 Å². The van der Waals surface area contributed by atoms with Gasteiger partial charge in [-0.3, -0.25) is 4.79 Å². The highest BCUT2D eigenvalue weighted by Gasteiger charge is 2.36. The molecule has 0 unspecified atom stereocenters. The van der Waals surface area contributed by atoms with Gasteiger partial charge in [0.25, 0.3) is 5.91 Å². The summed E-state index contributed by atoms with van der Waals surface area (Å²) in [5.41, 5.74) is 2.66. The Balaban J connectivity index is 1.51. The third-order valence-corrected chi connectivity index (χ3v) is 6.24. The number of carbonyl (C=O) groups excluding carboxylic acids is 1. The maximum atomic E-state index is 13.2. The van der Waals surface area contributed by atoms with Gasteiger partial charge in [0.05, 0.1) is 30.3 Å². The molecule has 9 nitrogen and oxygen atoms in total. The zero-order valence-electron chi connectivity index (χ0n) is 18.0. The SMILES string of the molecule is C[C@]1(CO)Cc2cc(NC(=O)c3cnn4cccnc34)c(N3CCC[C@H](O)CC3)cc2O1. The maximum Gasteiger partial charge on any atom is 0.261 e. The highest BCUT2D eigenvalue weighted by molar-refractivity contribution is 6.09. The second kappa shape index (κ2) is 8.07. The number of rotatable bonds is 4. The summed E-state index contributed by atoms with van der Waals surface area (Å²) in [5.74, 6) is 0.426. The lowest BCUT2D eigenvalue weighted by Crippen LogP contribution is -2.34. The van der Waals surface area contributed by atoms with Crippen LogP contribution < -0.4 is 15.0 Å². The van der Waals surface area contributed by atoms with E-state index in [1.807, 2.05) is 19.1 Å². The third kappa shape index (κ3) is 3.78. The predicted octanol–water partition coefficient (Wildman–Crippen LogP) is 2.02. The van der Waals surface area contributed by atoms with Crippen molar-refractivity contribution in [3.63, 3.8) is 0 Å². The first-order valence-electron chi connectivity index (χ1n) is 11.0. The molecule has 2 aliphatic heterocycles. The van der Waals surface area contributed by atoms with E-state index in [2.05, 4.69) is 20.3 Å². The smallest absolute Gasteiger partial charge is 0.261 e. The Kier molecular flexibility index (Phi) is 5.22. The van der Waals surface area contributed by atoms with Crippen molar-refractivity contribution in [1.29, 1.82) is 0 Å². The molecule has 2 atom stereocenters. The molecule has 0 bridgehead atoms. The molecular formula is C23H27N5O4. The summed E-state index contributed by atoms with van der Waals surface area (Å²) in [7, 11) is 0. The Morgan fingerprint density at radius 2 is 2.22 bits per heavy atom. The lowest BCUT2D eigenvalue weighted by Gasteiger charge is -2.26. The Morgan fingerprint density at radius 3 is 3.06 bits per heavy atom. The van der Waals surface area contributed by atoms with Gasteiger partial charge in [-0.1, -0.05) is 0 Å². The lowest BCUT2D eigenvalue weighted by molar-refractivity contribution is 0.0447. The van der Waals surface area contributed by atoms with Crippen LogP contribution in [0.1, 0.15) is 42.1 Å². The van der Waals surface area contributed by atoms with Crippen molar-refractivity contribution >= 4 is 22.9 Å². The number of aromatic nitrogens is 3. The van der Waals surface area contributed by atoms with Crippen molar-refractivity contribution in [2.45, 2.75) is 44.3 Å². The highest BCUT2D eigenvalue weighted by atomic mass is 16.5. The third-order valence-electron chi connectivity index (χ3n) is 6.24. The normalized spacial score (nSPS) is 23.0. The number of fused-ring (bicyclic) bond motifs is 2. The van der Waals surface area contributed by atoms with Gasteiger partial charge in [-0.15, -0.1) is 0 Å². The molecule has 5 rings (SSSR count). The fraction of sp³-hybridized carbons (Fsp3) is 0.435. The van der Waals surface area contributed by atoms with Gasteiger partial charge in [0.1, 0.15) is 16.9 Å². The molecule has 4 heterocycles. The number of amides is 1. The van der Waals surface area contributed by atoms with Gasteiger partial charge < -0.3 is 25.2 Å². The molecule has 1 saturated heterocycles. The zero-order chi connectivity index (χ0) is 22.3. The van der Waals surface area contributed by atoms with E-state index in [1.165, 1.54) is 6.20 Å². The molecule has 1 amide bonds. The topological polar surface area (TPSA) is 112 Å². The van der Waals surface area contributed by atoms with E-state index in [-0.39, 0.29) is 18.6 Å². The summed E-state index contributed by atoms with van der Waals surface area (Å²) in [6.45, 7) is 3.23. The van der Waals surface area contributed by atoms with E-state index in [0.717, 1.165) is 36.4 Å². The van der Waals surface area contributed by atoms with Crippen LogP contribution in [-0.4, -0.2) is 62.1 Å². The van der Waals surface area contributed by atoms with Crippen LogP contribution in [0.2, 0.25) is 0 Å². The fourth-order valence-electron chi connectivity index (χ4n) is 4.50. The summed E-state index contributed by atoms with van der Waals surface area (Å²) < 4.78 is 7.62. The van der Waals surface area contributed by atoms with E-state index < -0.39 is 5.60 Å². The van der Waals surface area contributed by atoms with Crippen molar-refractivity contribution in [2.24, 2.45) is 0 Å². The van der Waals surface area contributed by atoms with Crippen LogP contribution >= 0.6 is 0 Å². The molecule has 2 aliphatic rings. The average molecular weight is 438 g/mol. The first-order valence-corrected chi connectivity index (χ1v) is 11.0. The molecule has 0 spiro atoms. The van der Waals surface area contributed by atoms with Crippen LogP contribution in [0.5, 0.6) is 5.75 Å². The van der Waals surface area contributed by atoms with Crippen molar-refractivity contribution in [2.75, 3.05) is 29.9 Å². The molecule has 0 saturated carbocycles. The summed E-state index contributed by atoms with van der Waals surface area (Å²) in [5, 5.41) is 27.1. The molecule has 3 aromatic rings. The molecule has 1 fully saturated rings. The minimum atomic E-state index is -0.677. The number of hydrogen-bond donors (Lipinski definition) is 3. The van der Waals surface area contributed by atoms with Gasteiger partial charge in [-0.05, 0) is 38.3 Å². The first-order chi connectivity index (χ1) is 15.5. The minimum absolute atomic E-state index is 0.0946. The highest BCUT2D eigenvalue weighted by Crippen LogP contribution is 2.42. The van der Waals surface area contributed by atoms with E-state index in [0.29, 0.717) is 36.3 Å². The Bertz CT molecular complexity index is 1160. The fourth-order valence-corrected chi connectivity index (χ4v) is 4.50. The van der Waals surface area contributed by atoms with Gasteiger partial charge in [0.15, 0.2) is 5.65 Å². The number of carbonyl (C=O) groups is 1. The lowest BCUT2D eigenvalue weighted by atomic mass is 9.99. The summed E-state index contributed by atoms with van der Waals surface area (Å²) >= 11 is 0. The summed E-state index contributed by atoms with van der Waals surface area (Å²) in [4.78, 5) is 19.7. The summed E-state index contributed by atoms with van der Waals surface area (Å²) in [6, 6.07) is 5.63. The number of benzene rings is 1. The molecular weight excluding hydrogens is 410 g/mol. The number of anilines is 2. The van der Waals surface area contributed by atoms with Crippen LogP contribution in [0.15, 0.2) is 36.8 Å². The molecule has 9 heteroatoms. The van der Waals surface area contributed by atoms with Crippen LogP contribution in [-0.2, 0) is 6.42 Å². The molecule has 1 aromatic carbocycles. The molecule has 2 aromatic heterocycles. The van der Waals surface area contributed by atoms with Gasteiger partial charge in [-0.2, -0.15) is 5.10 Å². The first kappa shape index (κ1) is 20.7. The standard InChI is InChI=1S/C23H27N5O4/c1-23(14-29)12-15-10-18(26-22(31)17-13-25-28-8-3-6-24-21(17)28)19(11-20(15)32-23)27-7-2-4-16(30)5-9-27/h3,6,8,10-11,13,16,29-30H,2,4-5,7,9,12,14H2,1H3,(H,26,31)/t16-,23+/m0/s1. The average Bonchev–Trinajstić information content (AvgIpc) is 3.28. The number of ether oxygens (including phenoxy) is 1. The van der Waals surface area contributed by atoms with Crippen molar-refractivity contribution in [3.8, 4) is 5.75 Å². The maximum absolute atomic E-state index is 13.2. The number of hydrogen-bond acceptors (Lipinski definition) is 7. The number of nitrogens with one attached hydrogen (secondary N) is 1. The minimum Gasteiger partial charge on any atom is -0.484 e. The zero-order valence-corrected chi connectivity index (χ0v) is 18.0. The van der Waals surface area contributed by atoms with Crippen molar-refractivity contribution < 1.29 is 19.7 Å². The summed E-state index contributed by atoms with van der Waals surface area (Å²) in [6.07, 6.45) is 7.41. The largest absolute Gasteiger partial charge is 0.484 e. The van der Waals surface area contributed by atoms with Crippen molar-refractivity contribution in [3.05, 3.63) is 47.9 Å². The number of nitrogens with zero attached hydrogens (tertiary/aromatic N) is 4. The quantitative estimate of drug-likeness (QED) is 0.572. The van der Waals surface area contributed by atoms with Crippen molar-refractivity contribution in [1.82, 2.24) is 14.6 Å². The van der Waals surface area contributed by atoms with Crippen LogP contribution in [0, 0.1) is 0 Å². The number of aliphatic hydroxyl groups excluding tert-OH is 2. The Labute approximate surface area is 185 Å². The van der Waals surface area contributed by atoms with Gasteiger partial charge in [0, 0.05) is 43.5 Å². The second-order valence-electron chi connectivity index (χ2n) is 8.84. The van der Waals surface area contributed by atoms with Gasteiger partial charge >= 0.3 is 0 Å². The molecule has 3 N–H and O–H groups in total. The second-order valence-corrected chi connectivity index (χ2v) is 8.84.